The van der Waals surface area contributed by atoms with E-state index in [0.717, 1.165) is 67.8 Å². The Hall–Kier alpha value is -2.05. The van der Waals surface area contributed by atoms with E-state index in [4.69, 9.17) is 0 Å². The first-order chi connectivity index (χ1) is 12.8. The molecule has 136 valence electrons. The average molecular weight is 369 g/mol. The first kappa shape index (κ1) is 17.4. The number of hydrogen-bond acceptors (Lipinski definition) is 5. The van der Waals surface area contributed by atoms with E-state index in [1.54, 1.807) is 11.5 Å². The zero-order valence-electron chi connectivity index (χ0n) is 14.9. The third-order valence-corrected chi connectivity index (χ3v) is 6.30. The van der Waals surface area contributed by atoms with Crippen molar-refractivity contribution in [1.82, 2.24) is 18.8 Å². The number of unbranched alkanes of at least 4 members (excludes halogenated alkanes) is 1. The summed E-state index contributed by atoms with van der Waals surface area (Å²) < 4.78 is 2.99. The minimum Gasteiger partial charge on any atom is -0.303 e. The van der Waals surface area contributed by atoms with Crippen molar-refractivity contribution < 1.29 is 0 Å². The summed E-state index contributed by atoms with van der Waals surface area (Å²) in [6.45, 7) is 4.17. The van der Waals surface area contributed by atoms with E-state index >= 15 is 0 Å². The lowest BCUT2D eigenvalue weighted by Crippen LogP contribution is -2.34. The van der Waals surface area contributed by atoms with Crippen LogP contribution in [0.1, 0.15) is 37.4 Å². The summed E-state index contributed by atoms with van der Waals surface area (Å²) in [5, 5.41) is 0.850. The monoisotopic (exact) mass is 368 g/mol. The second-order valence-corrected chi connectivity index (χ2v) is 7.99. The highest BCUT2D eigenvalue weighted by Gasteiger charge is 2.21. The van der Waals surface area contributed by atoms with Gasteiger partial charge in [-0.1, -0.05) is 23.7 Å². The second-order valence-electron chi connectivity index (χ2n) is 6.92. The Bertz CT molecular complexity index is 897. The summed E-state index contributed by atoms with van der Waals surface area (Å²) in [7, 11) is 0. The van der Waals surface area contributed by atoms with Gasteiger partial charge in [0.1, 0.15) is 5.82 Å². The molecule has 1 aliphatic rings. The standard InChI is InChI=1S/C20H24N4OS/c25-20-17-6-1-2-7-18(17)26-24(20)13-4-3-12-23-14-8-16(9-15-23)19-21-10-5-11-22-19/h1-2,5-7,10-11,16H,3-4,8-9,12-15H2. The molecule has 6 heteroatoms. The molecule has 2 aromatic heterocycles. The molecule has 0 aliphatic carbocycles. The van der Waals surface area contributed by atoms with Gasteiger partial charge in [0.05, 0.1) is 10.1 Å². The molecule has 0 bridgehead atoms. The minimum atomic E-state index is 0.161. The van der Waals surface area contributed by atoms with E-state index in [2.05, 4.69) is 14.9 Å². The van der Waals surface area contributed by atoms with Crippen LogP contribution in [0.2, 0.25) is 0 Å². The lowest BCUT2D eigenvalue weighted by atomic mass is 9.96. The van der Waals surface area contributed by atoms with Gasteiger partial charge in [-0.2, -0.15) is 0 Å². The summed E-state index contributed by atoms with van der Waals surface area (Å²) >= 11 is 1.58. The predicted molar refractivity (Wildman–Crippen MR) is 106 cm³/mol. The Labute approximate surface area is 157 Å². The Kier molecular flexibility index (Phi) is 5.41. The highest BCUT2D eigenvalue weighted by atomic mass is 32.1. The number of nitrogens with zero attached hydrogens (tertiary/aromatic N) is 4. The Morgan fingerprint density at radius 2 is 1.73 bits per heavy atom. The van der Waals surface area contributed by atoms with Gasteiger partial charge in [-0.25, -0.2) is 9.97 Å². The molecular formula is C20H24N4OS. The fourth-order valence-corrected chi connectivity index (χ4v) is 4.72. The molecule has 0 N–H and O–H groups in total. The summed E-state index contributed by atoms with van der Waals surface area (Å²) in [5.41, 5.74) is 0.161. The molecule has 1 aromatic carbocycles. The van der Waals surface area contributed by atoms with Crippen LogP contribution in [0.25, 0.3) is 10.1 Å². The Morgan fingerprint density at radius 1 is 1.00 bits per heavy atom. The first-order valence-electron chi connectivity index (χ1n) is 9.39. The topological polar surface area (TPSA) is 51.0 Å². The van der Waals surface area contributed by atoms with Gasteiger partial charge in [0.15, 0.2) is 0 Å². The fourth-order valence-electron chi connectivity index (χ4n) is 3.69. The molecule has 26 heavy (non-hydrogen) atoms. The number of aryl methyl sites for hydroxylation is 1. The zero-order chi connectivity index (χ0) is 17.8. The lowest BCUT2D eigenvalue weighted by Gasteiger charge is -2.31. The van der Waals surface area contributed by atoms with Crippen molar-refractivity contribution in [2.45, 2.75) is 38.1 Å². The maximum atomic E-state index is 12.3. The molecule has 3 heterocycles. The number of rotatable bonds is 6. The van der Waals surface area contributed by atoms with Crippen molar-refractivity contribution in [1.29, 1.82) is 0 Å². The number of likely N-dealkylation sites (tertiary alicyclic amines) is 1. The van der Waals surface area contributed by atoms with Gasteiger partial charge < -0.3 is 4.90 Å². The van der Waals surface area contributed by atoms with Gasteiger partial charge in [0.25, 0.3) is 5.56 Å². The van der Waals surface area contributed by atoms with Crippen LogP contribution in [0, 0.1) is 0 Å². The van der Waals surface area contributed by atoms with E-state index in [1.165, 1.54) is 0 Å². The average Bonchev–Trinajstić information content (AvgIpc) is 3.02. The van der Waals surface area contributed by atoms with Crippen molar-refractivity contribution in [3.8, 4) is 0 Å². The van der Waals surface area contributed by atoms with E-state index in [0.29, 0.717) is 5.92 Å². The highest BCUT2D eigenvalue weighted by molar-refractivity contribution is 7.13. The molecule has 0 unspecified atom stereocenters. The first-order valence-corrected chi connectivity index (χ1v) is 10.2. The molecule has 0 saturated carbocycles. The molecule has 0 amide bonds. The Balaban J connectivity index is 1.22. The third kappa shape index (κ3) is 3.86. The van der Waals surface area contributed by atoms with Crippen LogP contribution in [-0.2, 0) is 6.54 Å². The van der Waals surface area contributed by atoms with Gasteiger partial charge in [0.2, 0.25) is 0 Å². The molecule has 0 atom stereocenters. The molecule has 4 rings (SSSR count). The lowest BCUT2D eigenvalue weighted by molar-refractivity contribution is 0.205. The molecular weight excluding hydrogens is 344 g/mol. The quantitative estimate of drug-likeness (QED) is 0.625. The van der Waals surface area contributed by atoms with E-state index < -0.39 is 0 Å². The van der Waals surface area contributed by atoms with Crippen LogP contribution in [0.5, 0.6) is 0 Å². The van der Waals surface area contributed by atoms with Crippen molar-refractivity contribution in [2.24, 2.45) is 0 Å². The van der Waals surface area contributed by atoms with Gasteiger partial charge in [-0.15, -0.1) is 0 Å². The van der Waals surface area contributed by atoms with Crippen LogP contribution in [0.15, 0.2) is 47.5 Å². The van der Waals surface area contributed by atoms with Gasteiger partial charge in [0, 0.05) is 24.9 Å². The van der Waals surface area contributed by atoms with Crippen LogP contribution < -0.4 is 5.56 Å². The number of piperidine rings is 1. The molecule has 0 radical (unpaired) electrons. The number of hydrogen-bond donors (Lipinski definition) is 0. The Morgan fingerprint density at radius 3 is 2.50 bits per heavy atom. The van der Waals surface area contributed by atoms with E-state index in [-0.39, 0.29) is 5.56 Å². The number of fused-ring (bicyclic) bond motifs is 1. The number of benzene rings is 1. The van der Waals surface area contributed by atoms with Gasteiger partial charge >= 0.3 is 0 Å². The van der Waals surface area contributed by atoms with Gasteiger partial charge in [-0.3, -0.25) is 8.75 Å². The van der Waals surface area contributed by atoms with Crippen LogP contribution in [0.3, 0.4) is 0 Å². The third-order valence-electron chi connectivity index (χ3n) is 5.18. The SMILES string of the molecule is O=c1c2ccccc2sn1CCCCN1CCC(c2ncccn2)CC1. The maximum absolute atomic E-state index is 12.3. The van der Waals surface area contributed by atoms with Crippen molar-refractivity contribution in [3.05, 3.63) is 58.9 Å². The zero-order valence-corrected chi connectivity index (χ0v) is 15.7. The van der Waals surface area contributed by atoms with E-state index in [1.807, 2.05) is 46.7 Å². The van der Waals surface area contributed by atoms with Gasteiger partial charge in [-0.05, 0) is 63.5 Å². The summed E-state index contributed by atoms with van der Waals surface area (Å²) in [5.74, 6) is 1.50. The molecule has 1 saturated heterocycles. The number of aromatic nitrogens is 3. The molecule has 1 fully saturated rings. The van der Waals surface area contributed by atoms with Crippen molar-refractivity contribution in [3.63, 3.8) is 0 Å². The predicted octanol–water partition coefficient (Wildman–Crippen LogP) is 3.51. The fraction of sp³-hybridized carbons (Fsp3) is 0.450. The largest absolute Gasteiger partial charge is 0.303 e. The van der Waals surface area contributed by atoms with Crippen LogP contribution >= 0.6 is 11.5 Å². The maximum Gasteiger partial charge on any atom is 0.268 e. The minimum absolute atomic E-state index is 0.161. The molecule has 3 aromatic rings. The van der Waals surface area contributed by atoms with Crippen molar-refractivity contribution >= 4 is 21.6 Å². The molecule has 0 spiro atoms. The second kappa shape index (κ2) is 8.10. The normalized spacial score (nSPS) is 16.3. The van der Waals surface area contributed by atoms with Crippen LogP contribution in [-0.4, -0.2) is 38.5 Å². The van der Waals surface area contributed by atoms with Crippen molar-refractivity contribution in [2.75, 3.05) is 19.6 Å². The van der Waals surface area contributed by atoms with E-state index in [9.17, 15) is 4.79 Å². The summed E-state index contributed by atoms with van der Waals surface area (Å²) in [6.07, 6.45) is 8.14. The summed E-state index contributed by atoms with van der Waals surface area (Å²) in [6, 6.07) is 9.75. The summed E-state index contributed by atoms with van der Waals surface area (Å²) in [4.78, 5) is 23.7. The highest BCUT2D eigenvalue weighted by Crippen LogP contribution is 2.25. The molecule has 1 aliphatic heterocycles. The smallest absolute Gasteiger partial charge is 0.268 e. The van der Waals surface area contributed by atoms with Crippen LogP contribution in [0.4, 0.5) is 0 Å². The molecule has 5 nitrogen and oxygen atoms in total.